The van der Waals surface area contributed by atoms with Crippen LogP contribution < -0.4 is 70.4 Å². The van der Waals surface area contributed by atoms with Crippen molar-refractivity contribution >= 4 is 119 Å². The Morgan fingerprint density at radius 3 is 1.78 bits per heavy atom. The Hall–Kier alpha value is -9.84. The van der Waals surface area contributed by atoms with E-state index in [-0.39, 0.29) is 69.7 Å². The van der Waals surface area contributed by atoms with Gasteiger partial charge in [0, 0.05) is 54.5 Å². The highest BCUT2D eigenvalue weighted by Crippen LogP contribution is 2.21. The fourth-order valence-corrected chi connectivity index (χ4v) is 10.7. The molecule has 0 radical (unpaired) electrons. The van der Waals surface area contributed by atoms with Crippen molar-refractivity contribution in [1.82, 2.24) is 63.1 Å². The standard InChI is InChI=1S/C62H84N16O17S2/c1-32(69-53(86)40(19-11-21-66-62(64)65)71-52(85)38(63)23-34-13-5-3-6-14-34)51(84)76-46(31-97)60(93)78-22-12-20-47(78)58(91)73-41(24-35-15-7-4-8-16-35)54(87)72-42(26-49(82)83)55(88)75-45(30-96)57(90)77-50(33(2)80)59(92)68-28-48(81)70-44(29-79)56(89)74-43(61(94)95)25-36-27-67-39-18-10-9-17-37(36)39/h3-10,13-18,27,32-33,38,40-47,50,67,79-80,96-97H,11-12,19-26,28-31,63H2,1-2H3,(H,68,92)(H,69,86)(H,70,81)(H,71,85)(H,72,87)(H,73,91)(H,74,89)(H,75,88)(H,76,84)(H,77,90)(H,82,83)(H,94,95)(H4,64,65,66)/t32-,33+,38-,40-,41-,42-,43-,44-,45-,46-,47-,50-/m0/s1. The summed E-state index contributed by atoms with van der Waals surface area (Å²) in [5, 5.41) is 64.8. The number of nitrogens with one attached hydrogen (secondary N) is 11. The molecule has 0 aliphatic carbocycles. The number of hydrogen-bond donors (Lipinski definition) is 20. The molecule has 11 amide bonds. The molecule has 1 fully saturated rings. The number of rotatable bonds is 38. The van der Waals surface area contributed by atoms with Crippen molar-refractivity contribution in [2.24, 2.45) is 22.2 Å². The Labute approximate surface area is 568 Å². The number of fused-ring (bicyclic) bond motifs is 1. The maximum absolute atomic E-state index is 14.3. The number of aromatic nitrogens is 1. The summed E-state index contributed by atoms with van der Waals surface area (Å²) in [5.74, 6) is -14.7. The number of aliphatic carboxylic acids is 2. The number of carbonyl (C=O) groups is 13. The fourth-order valence-electron chi connectivity index (χ4n) is 10.2. The molecular formula is C62H84N16O17S2. The molecule has 0 unspecified atom stereocenters. The van der Waals surface area contributed by atoms with Crippen LogP contribution in [0, 0.1) is 0 Å². The first-order valence-corrected chi connectivity index (χ1v) is 32.1. The van der Waals surface area contributed by atoms with E-state index in [1.54, 1.807) is 91.1 Å². The van der Waals surface area contributed by atoms with Crippen LogP contribution in [0.5, 0.6) is 0 Å². The first-order valence-electron chi connectivity index (χ1n) is 30.8. The van der Waals surface area contributed by atoms with Crippen LogP contribution in [0.25, 0.3) is 10.9 Å². The van der Waals surface area contributed by atoms with Crippen molar-refractivity contribution in [1.29, 1.82) is 0 Å². The molecule has 1 aromatic heterocycles. The molecule has 3 aromatic carbocycles. The normalized spacial score (nSPS) is 16.0. The lowest BCUT2D eigenvalue weighted by atomic mass is 10.0. The van der Waals surface area contributed by atoms with Gasteiger partial charge in [0.05, 0.1) is 31.7 Å². The van der Waals surface area contributed by atoms with E-state index >= 15 is 0 Å². The van der Waals surface area contributed by atoms with Crippen molar-refractivity contribution in [3.05, 3.63) is 108 Å². The maximum Gasteiger partial charge on any atom is 0.326 e. The van der Waals surface area contributed by atoms with Crippen molar-refractivity contribution in [2.45, 2.75) is 138 Å². The topological polar surface area (TPSA) is 533 Å². The van der Waals surface area contributed by atoms with E-state index in [9.17, 15) is 82.8 Å². The minimum atomic E-state index is -1.95. The first-order chi connectivity index (χ1) is 46.1. The van der Waals surface area contributed by atoms with Gasteiger partial charge in [0.15, 0.2) is 5.96 Å². The van der Waals surface area contributed by atoms with Crippen molar-refractivity contribution in [2.75, 3.05) is 37.7 Å². The minimum absolute atomic E-state index is 0.00813. The zero-order chi connectivity index (χ0) is 71.5. The summed E-state index contributed by atoms with van der Waals surface area (Å²) in [5.41, 5.74) is 19.6. The molecule has 526 valence electrons. The second-order valence-corrected chi connectivity index (χ2v) is 23.6. The van der Waals surface area contributed by atoms with E-state index in [0.29, 0.717) is 16.5 Å². The average Bonchev–Trinajstić information content (AvgIpc) is 1.75. The van der Waals surface area contributed by atoms with Gasteiger partial charge in [0.1, 0.15) is 60.4 Å². The van der Waals surface area contributed by atoms with Crippen LogP contribution in [0.15, 0.2) is 96.1 Å². The van der Waals surface area contributed by atoms with Crippen LogP contribution in [0.1, 0.15) is 62.6 Å². The zero-order valence-electron chi connectivity index (χ0n) is 53.1. The maximum atomic E-state index is 14.3. The number of carboxylic acid groups (broad SMARTS) is 2. The number of carboxylic acids is 2. The summed E-state index contributed by atoms with van der Waals surface area (Å²) >= 11 is 8.43. The van der Waals surface area contributed by atoms with Gasteiger partial charge >= 0.3 is 11.9 Å². The third-order valence-corrected chi connectivity index (χ3v) is 16.1. The summed E-state index contributed by atoms with van der Waals surface area (Å²) in [6.07, 6.45) is -0.820. The van der Waals surface area contributed by atoms with E-state index < -0.39 is 175 Å². The lowest BCUT2D eigenvalue weighted by molar-refractivity contribution is -0.143. The van der Waals surface area contributed by atoms with Gasteiger partial charge in [0.2, 0.25) is 65.0 Å². The monoisotopic (exact) mass is 1390 g/mol. The molecule has 0 saturated carbocycles. The summed E-state index contributed by atoms with van der Waals surface area (Å²) < 4.78 is 0. The molecule has 21 N–H and O–H groups in total. The highest BCUT2D eigenvalue weighted by Gasteiger charge is 2.41. The van der Waals surface area contributed by atoms with Crippen molar-refractivity contribution in [3.63, 3.8) is 0 Å². The molecule has 12 atom stereocenters. The highest BCUT2D eigenvalue weighted by atomic mass is 32.1. The average molecular weight is 1390 g/mol. The summed E-state index contributed by atoms with van der Waals surface area (Å²) in [4.78, 5) is 183. The van der Waals surface area contributed by atoms with E-state index in [1.165, 1.54) is 11.8 Å². The first kappa shape index (κ1) is 77.9. The Morgan fingerprint density at radius 1 is 0.619 bits per heavy atom. The molecule has 97 heavy (non-hydrogen) atoms. The number of guanidine groups is 1. The number of amides is 11. The molecule has 4 aromatic rings. The molecule has 2 heterocycles. The minimum Gasteiger partial charge on any atom is -0.481 e. The van der Waals surface area contributed by atoms with Crippen molar-refractivity contribution in [3.8, 4) is 0 Å². The third kappa shape index (κ3) is 24.4. The second-order valence-electron chi connectivity index (χ2n) is 22.8. The van der Waals surface area contributed by atoms with Gasteiger partial charge in [-0.2, -0.15) is 25.3 Å². The van der Waals surface area contributed by atoms with Crippen LogP contribution in [0.4, 0.5) is 0 Å². The van der Waals surface area contributed by atoms with Crippen molar-refractivity contribution < 1.29 is 82.8 Å². The Balaban J connectivity index is 1.20. The molecule has 33 nitrogen and oxygen atoms in total. The quantitative estimate of drug-likeness (QED) is 0.00864. The van der Waals surface area contributed by atoms with Gasteiger partial charge < -0.3 is 101 Å². The predicted octanol–water partition coefficient (Wildman–Crippen LogP) is -5.14. The molecule has 0 bridgehead atoms. The number of carbonyl (C=O) groups excluding carboxylic acids is 11. The van der Waals surface area contributed by atoms with E-state index in [4.69, 9.17) is 17.2 Å². The number of nitrogens with zero attached hydrogens (tertiary/aromatic N) is 2. The Kier molecular flexibility index (Phi) is 31.0. The smallest absolute Gasteiger partial charge is 0.326 e. The number of nitrogens with two attached hydrogens (primary N) is 3. The van der Waals surface area contributed by atoms with Crippen LogP contribution >= 0.6 is 25.3 Å². The van der Waals surface area contributed by atoms with E-state index in [0.717, 1.165) is 18.0 Å². The molecule has 0 spiro atoms. The summed E-state index contributed by atoms with van der Waals surface area (Å²) in [7, 11) is 0. The van der Waals surface area contributed by atoms with E-state index in [1.807, 2.05) is 0 Å². The lowest BCUT2D eigenvalue weighted by Crippen LogP contribution is -2.61. The van der Waals surface area contributed by atoms with Gasteiger partial charge in [-0.3, -0.25) is 62.5 Å². The van der Waals surface area contributed by atoms with Crippen LogP contribution in [0.3, 0.4) is 0 Å². The number of thiol groups is 2. The number of aliphatic imine (C=N–C) groups is 1. The van der Waals surface area contributed by atoms with Gasteiger partial charge in [-0.05, 0) is 68.7 Å². The third-order valence-electron chi connectivity index (χ3n) is 15.4. The largest absolute Gasteiger partial charge is 0.481 e. The second kappa shape index (κ2) is 38.6. The Morgan fingerprint density at radius 2 is 1.18 bits per heavy atom. The van der Waals surface area contributed by atoms with Gasteiger partial charge in [-0.25, -0.2) is 4.79 Å². The predicted molar refractivity (Wildman–Crippen MR) is 357 cm³/mol. The number of benzene rings is 3. The number of para-hydroxylation sites is 1. The molecule has 5 rings (SSSR count). The highest BCUT2D eigenvalue weighted by molar-refractivity contribution is 7.80. The number of aliphatic hydroxyl groups is 2. The number of H-pyrrole nitrogens is 1. The van der Waals surface area contributed by atoms with Crippen LogP contribution in [-0.4, -0.2) is 223 Å². The number of hydrogen-bond acceptors (Lipinski definition) is 19. The fraction of sp³-hybridized carbons (Fsp3) is 0.452. The molecular weight excluding hydrogens is 1300 g/mol. The summed E-state index contributed by atoms with van der Waals surface area (Å²) in [6.45, 7) is 0.643. The van der Waals surface area contributed by atoms with Crippen LogP contribution in [-0.2, 0) is 81.6 Å². The molecule has 1 saturated heterocycles. The van der Waals surface area contributed by atoms with E-state index in [2.05, 4.69) is 88.4 Å². The molecule has 1 aliphatic rings. The van der Waals surface area contributed by atoms with Gasteiger partial charge in [0.25, 0.3) is 0 Å². The SMILES string of the molecule is C[C@H](NC(=O)[C@H](CCCN=C(N)N)NC(=O)[C@@H](N)Cc1ccccc1)C(=O)N[C@@H](CS)C(=O)N1CCC[C@H]1C(=O)N[C@@H](Cc1ccccc1)C(=O)N[C@@H](CC(=O)O)C(=O)N[C@@H](CS)C(=O)N[C@H](C(=O)NCC(=O)N[C@@H](CO)C(=O)N[C@@H](Cc1c[nH]c2ccccc12)C(=O)O)[C@@H](C)O. The number of aliphatic hydroxyl groups excluding tert-OH is 2. The Bertz CT molecular complexity index is 3450. The van der Waals surface area contributed by atoms with Gasteiger partial charge in [-0.15, -0.1) is 0 Å². The summed E-state index contributed by atoms with van der Waals surface area (Å²) in [6, 6.07) is 7.74. The zero-order valence-corrected chi connectivity index (χ0v) is 54.9. The van der Waals surface area contributed by atoms with Gasteiger partial charge in [-0.1, -0.05) is 78.9 Å². The number of likely N-dealkylation sites (tertiary alicyclic amines) is 1. The molecule has 35 heteroatoms. The van der Waals surface area contributed by atoms with Crippen LogP contribution in [0.2, 0.25) is 0 Å². The number of aromatic amines is 1. The molecule has 1 aliphatic heterocycles. The lowest BCUT2D eigenvalue weighted by Gasteiger charge is -2.30.